The molecule has 0 aliphatic heterocycles. The van der Waals surface area contributed by atoms with E-state index in [4.69, 9.17) is 16.1 Å². The number of ether oxygens (including phenoxy) is 1. The Labute approximate surface area is 182 Å². The zero-order valence-electron chi connectivity index (χ0n) is 16.6. The zero-order chi connectivity index (χ0) is 21.1. The molecule has 0 saturated heterocycles. The lowest BCUT2D eigenvalue weighted by Gasteiger charge is -2.13. The number of rotatable bonds is 7. The number of nitrogens with zero attached hydrogens (tertiary/aromatic N) is 2. The molecule has 1 aromatic carbocycles. The topological polar surface area (TPSA) is 73.2 Å². The van der Waals surface area contributed by atoms with Crippen LogP contribution in [0.15, 0.2) is 34.2 Å². The first kappa shape index (κ1) is 20.5. The number of aromatic nitrogens is 2. The summed E-state index contributed by atoms with van der Waals surface area (Å²) in [5.74, 6) is 3.05. The number of nitrogens with one attached hydrogen (secondary N) is 1. The van der Waals surface area contributed by atoms with E-state index in [0.29, 0.717) is 22.8 Å². The van der Waals surface area contributed by atoms with Crippen molar-refractivity contribution in [2.24, 2.45) is 0 Å². The summed E-state index contributed by atoms with van der Waals surface area (Å²) < 4.78 is 7.12. The summed E-state index contributed by atoms with van der Waals surface area (Å²) >= 11 is 2.82. The van der Waals surface area contributed by atoms with Crippen LogP contribution in [-0.4, -0.2) is 34.4 Å². The minimum atomic E-state index is -0.195. The highest BCUT2D eigenvalue weighted by Gasteiger charge is 2.24. The summed E-state index contributed by atoms with van der Waals surface area (Å²) in [6, 6.07) is 7.35. The third-order valence-corrected chi connectivity index (χ3v) is 6.96. The van der Waals surface area contributed by atoms with Crippen molar-refractivity contribution in [3.8, 4) is 23.8 Å². The number of terminal acetylenes is 1. The Hall–Kier alpha value is -2.76. The lowest BCUT2D eigenvalue weighted by molar-refractivity contribution is -0.118. The van der Waals surface area contributed by atoms with Crippen LogP contribution in [0.1, 0.15) is 23.8 Å². The molecule has 0 fully saturated rings. The van der Waals surface area contributed by atoms with Gasteiger partial charge in [-0.25, -0.2) is 4.98 Å². The van der Waals surface area contributed by atoms with Crippen molar-refractivity contribution in [3.05, 3.63) is 45.1 Å². The first-order valence-electron chi connectivity index (χ1n) is 9.76. The molecule has 2 aromatic heterocycles. The number of thioether (sulfide) groups is 1. The lowest BCUT2D eigenvalue weighted by atomic mass is 10.2. The predicted octanol–water partition coefficient (Wildman–Crippen LogP) is 3.18. The average molecular weight is 440 g/mol. The second-order valence-corrected chi connectivity index (χ2v) is 8.80. The molecule has 0 atom stereocenters. The van der Waals surface area contributed by atoms with Gasteiger partial charge >= 0.3 is 0 Å². The maximum absolute atomic E-state index is 13.6. The zero-order valence-corrected chi connectivity index (χ0v) is 18.2. The maximum atomic E-state index is 13.6. The largest absolute Gasteiger partial charge is 0.494 e. The predicted molar refractivity (Wildman–Crippen MR) is 121 cm³/mol. The number of thiophene rings is 1. The Morgan fingerprint density at radius 2 is 2.17 bits per heavy atom. The fourth-order valence-electron chi connectivity index (χ4n) is 3.54. The number of amides is 1. The molecule has 1 aliphatic carbocycles. The van der Waals surface area contributed by atoms with E-state index in [1.54, 1.807) is 15.9 Å². The highest BCUT2D eigenvalue weighted by atomic mass is 32.2. The van der Waals surface area contributed by atoms with Crippen molar-refractivity contribution < 1.29 is 9.53 Å². The van der Waals surface area contributed by atoms with Gasteiger partial charge in [0.05, 0.1) is 30.0 Å². The number of hydrogen-bond acceptors (Lipinski definition) is 6. The van der Waals surface area contributed by atoms with Crippen molar-refractivity contribution in [1.29, 1.82) is 0 Å². The summed E-state index contributed by atoms with van der Waals surface area (Å²) in [7, 11) is 0. The molecule has 1 N–H and O–H groups in total. The van der Waals surface area contributed by atoms with Crippen LogP contribution in [0.5, 0.6) is 5.75 Å². The standard InChI is InChI=1S/C22H21N3O3S2/c1-3-12-23-18(26)13-29-22-24-20-19(16-6-5-7-17(16)30-20)21(27)25(22)14-8-10-15(11-9-14)28-4-2/h1,8-11H,4-7,12-13H2,2H3,(H,23,26). The second kappa shape index (κ2) is 8.94. The van der Waals surface area contributed by atoms with Crippen LogP contribution in [0.3, 0.4) is 0 Å². The van der Waals surface area contributed by atoms with Gasteiger partial charge in [-0.05, 0) is 56.0 Å². The lowest BCUT2D eigenvalue weighted by Crippen LogP contribution is -2.26. The van der Waals surface area contributed by atoms with Crippen molar-refractivity contribution in [3.63, 3.8) is 0 Å². The van der Waals surface area contributed by atoms with Crippen LogP contribution in [0, 0.1) is 12.3 Å². The SMILES string of the molecule is C#CCNC(=O)CSc1nc2sc3c(c2c(=O)n1-c1ccc(OCC)cc1)CCC3. The van der Waals surface area contributed by atoms with E-state index in [1.165, 1.54) is 16.6 Å². The van der Waals surface area contributed by atoms with Gasteiger partial charge in [-0.15, -0.1) is 17.8 Å². The van der Waals surface area contributed by atoms with Gasteiger partial charge in [-0.1, -0.05) is 17.7 Å². The number of carbonyl (C=O) groups is 1. The Balaban J connectivity index is 1.78. The Morgan fingerprint density at radius 1 is 1.37 bits per heavy atom. The van der Waals surface area contributed by atoms with Gasteiger partial charge in [-0.2, -0.15) is 0 Å². The van der Waals surface area contributed by atoms with Gasteiger partial charge in [0.25, 0.3) is 5.56 Å². The van der Waals surface area contributed by atoms with E-state index in [2.05, 4.69) is 11.2 Å². The van der Waals surface area contributed by atoms with Gasteiger partial charge in [0, 0.05) is 4.88 Å². The molecule has 154 valence electrons. The quantitative estimate of drug-likeness (QED) is 0.348. The molecular formula is C22H21N3O3S2. The Morgan fingerprint density at radius 3 is 2.90 bits per heavy atom. The fraction of sp³-hybridized carbons (Fsp3) is 0.318. The summed E-state index contributed by atoms with van der Waals surface area (Å²) in [4.78, 5) is 32.4. The summed E-state index contributed by atoms with van der Waals surface area (Å²) in [5, 5.41) is 3.85. The van der Waals surface area contributed by atoms with Crippen LogP contribution in [0.25, 0.3) is 15.9 Å². The molecular weight excluding hydrogens is 418 g/mol. The highest BCUT2D eigenvalue weighted by Crippen LogP contribution is 2.36. The molecule has 1 amide bonds. The van der Waals surface area contributed by atoms with Gasteiger partial charge in [-0.3, -0.25) is 14.2 Å². The summed E-state index contributed by atoms with van der Waals surface area (Å²) in [6.45, 7) is 2.67. The Bertz CT molecular complexity index is 1190. The van der Waals surface area contributed by atoms with E-state index >= 15 is 0 Å². The third kappa shape index (κ3) is 3.95. The monoisotopic (exact) mass is 439 g/mol. The Kier molecular flexibility index (Phi) is 6.11. The van der Waals surface area contributed by atoms with Gasteiger partial charge in [0.15, 0.2) is 5.16 Å². The van der Waals surface area contributed by atoms with E-state index < -0.39 is 0 Å². The third-order valence-electron chi connectivity index (χ3n) is 4.83. The van der Waals surface area contributed by atoms with Crippen molar-refractivity contribution in [1.82, 2.24) is 14.9 Å². The molecule has 4 rings (SSSR count). The van der Waals surface area contributed by atoms with Crippen LogP contribution < -0.4 is 15.6 Å². The molecule has 30 heavy (non-hydrogen) atoms. The fourth-order valence-corrected chi connectivity index (χ4v) is 5.68. The molecule has 8 heteroatoms. The molecule has 1 aliphatic rings. The van der Waals surface area contributed by atoms with Crippen molar-refractivity contribution in [2.75, 3.05) is 18.9 Å². The first-order chi connectivity index (χ1) is 14.6. The molecule has 0 radical (unpaired) electrons. The van der Waals surface area contributed by atoms with E-state index in [-0.39, 0.29) is 23.8 Å². The molecule has 2 heterocycles. The van der Waals surface area contributed by atoms with Crippen LogP contribution in [0.4, 0.5) is 0 Å². The number of fused-ring (bicyclic) bond motifs is 3. The van der Waals surface area contributed by atoms with Gasteiger partial charge in [0.2, 0.25) is 5.91 Å². The first-order valence-corrected chi connectivity index (χ1v) is 11.6. The van der Waals surface area contributed by atoms with E-state index in [0.717, 1.165) is 35.4 Å². The average Bonchev–Trinajstić information content (AvgIpc) is 3.32. The smallest absolute Gasteiger partial charge is 0.267 e. The molecule has 0 unspecified atom stereocenters. The van der Waals surface area contributed by atoms with Crippen molar-refractivity contribution in [2.45, 2.75) is 31.3 Å². The number of hydrogen-bond donors (Lipinski definition) is 1. The molecule has 0 spiro atoms. The maximum Gasteiger partial charge on any atom is 0.267 e. The molecule has 0 bridgehead atoms. The van der Waals surface area contributed by atoms with E-state index in [1.807, 2.05) is 31.2 Å². The highest BCUT2D eigenvalue weighted by molar-refractivity contribution is 7.99. The molecule has 6 nitrogen and oxygen atoms in total. The van der Waals surface area contributed by atoms with Crippen LogP contribution >= 0.6 is 23.1 Å². The summed E-state index contributed by atoms with van der Waals surface area (Å²) in [5.41, 5.74) is 1.74. The normalized spacial score (nSPS) is 12.5. The molecule has 3 aromatic rings. The van der Waals surface area contributed by atoms with Gasteiger partial charge < -0.3 is 10.1 Å². The minimum absolute atomic E-state index is 0.0879. The van der Waals surface area contributed by atoms with E-state index in [9.17, 15) is 9.59 Å². The summed E-state index contributed by atoms with van der Waals surface area (Å²) in [6.07, 6.45) is 8.18. The van der Waals surface area contributed by atoms with Gasteiger partial charge in [0.1, 0.15) is 10.6 Å². The molecule has 0 saturated carbocycles. The number of aryl methyl sites for hydroxylation is 2. The minimum Gasteiger partial charge on any atom is -0.494 e. The van der Waals surface area contributed by atoms with Crippen molar-refractivity contribution >= 4 is 39.2 Å². The number of benzene rings is 1. The van der Waals surface area contributed by atoms with Crippen LogP contribution in [-0.2, 0) is 17.6 Å². The van der Waals surface area contributed by atoms with Crippen LogP contribution in [0.2, 0.25) is 0 Å². The number of carbonyl (C=O) groups excluding carboxylic acids is 1. The second-order valence-electron chi connectivity index (χ2n) is 6.77.